The summed E-state index contributed by atoms with van der Waals surface area (Å²) < 4.78 is 11.4. The topological polar surface area (TPSA) is 69.0 Å². The van der Waals surface area contributed by atoms with Crippen LogP contribution in [0, 0.1) is 11.3 Å². The lowest BCUT2D eigenvalue weighted by Gasteiger charge is -2.26. The highest BCUT2D eigenvalue weighted by Gasteiger charge is 2.14. The van der Waals surface area contributed by atoms with E-state index in [1.54, 1.807) is 12.3 Å². The lowest BCUT2D eigenvalue weighted by atomic mass is 10.1. The number of hydrogen-bond donors (Lipinski definition) is 1. The van der Waals surface area contributed by atoms with Gasteiger partial charge in [-0.15, -0.1) is 0 Å². The summed E-state index contributed by atoms with van der Waals surface area (Å²) in [6.45, 7) is 3.45. The quantitative estimate of drug-likeness (QED) is 0.903. The van der Waals surface area contributed by atoms with Gasteiger partial charge in [0.15, 0.2) is 0 Å². The van der Waals surface area contributed by atoms with E-state index < -0.39 is 10.8 Å². The standard InChI is InChI=1S/C18H20N4OS/c19-11-17-5-6-18(21-13-17)20-12-15-1-3-16(4-2-15)14-22-7-9-24(23)10-8-22/h1-6,13H,7-10,12,14H2,(H,20,21). The average molecular weight is 340 g/mol. The van der Waals surface area contributed by atoms with Gasteiger partial charge in [-0.1, -0.05) is 24.3 Å². The molecule has 0 saturated carbocycles. The minimum absolute atomic E-state index is 0.562. The van der Waals surface area contributed by atoms with Crippen LogP contribution in [-0.2, 0) is 23.9 Å². The SMILES string of the molecule is N#Cc1ccc(NCc2ccc(CN3CCS(=O)CC3)cc2)nc1. The van der Waals surface area contributed by atoms with Crippen LogP contribution in [0.25, 0.3) is 0 Å². The molecule has 124 valence electrons. The third-order valence-electron chi connectivity index (χ3n) is 4.07. The minimum Gasteiger partial charge on any atom is -0.366 e. The van der Waals surface area contributed by atoms with Gasteiger partial charge in [0.05, 0.1) is 5.56 Å². The van der Waals surface area contributed by atoms with Gasteiger partial charge < -0.3 is 5.32 Å². The van der Waals surface area contributed by atoms with Gasteiger partial charge >= 0.3 is 0 Å². The number of nitrogens with zero attached hydrogens (tertiary/aromatic N) is 3. The van der Waals surface area contributed by atoms with E-state index in [1.165, 1.54) is 11.1 Å². The number of rotatable bonds is 5. The predicted molar refractivity (Wildman–Crippen MR) is 95.9 cm³/mol. The van der Waals surface area contributed by atoms with Gasteiger partial charge in [0.25, 0.3) is 0 Å². The number of aromatic nitrogens is 1. The summed E-state index contributed by atoms with van der Waals surface area (Å²) in [5.74, 6) is 2.35. The van der Waals surface area contributed by atoms with Gasteiger partial charge in [-0.3, -0.25) is 9.11 Å². The van der Waals surface area contributed by atoms with Crippen molar-refractivity contribution in [2.24, 2.45) is 0 Å². The van der Waals surface area contributed by atoms with E-state index in [0.717, 1.165) is 37.0 Å². The van der Waals surface area contributed by atoms with Crippen molar-refractivity contribution in [2.45, 2.75) is 13.1 Å². The molecule has 0 bridgehead atoms. The van der Waals surface area contributed by atoms with Crippen LogP contribution in [0.5, 0.6) is 0 Å². The second kappa shape index (κ2) is 8.04. The molecule has 1 saturated heterocycles. The van der Waals surface area contributed by atoms with Crippen molar-refractivity contribution in [2.75, 3.05) is 29.9 Å². The van der Waals surface area contributed by atoms with Crippen molar-refractivity contribution >= 4 is 16.6 Å². The normalized spacial score (nSPS) is 15.8. The third kappa shape index (κ3) is 4.63. The fourth-order valence-electron chi connectivity index (χ4n) is 2.61. The predicted octanol–water partition coefficient (Wildman–Crippen LogP) is 2.13. The first-order chi connectivity index (χ1) is 11.7. The zero-order valence-corrected chi connectivity index (χ0v) is 14.3. The maximum Gasteiger partial charge on any atom is 0.126 e. The summed E-state index contributed by atoms with van der Waals surface area (Å²) in [6.07, 6.45) is 1.57. The molecular weight excluding hydrogens is 320 g/mol. The third-order valence-corrected chi connectivity index (χ3v) is 5.34. The second-order valence-corrected chi connectivity index (χ2v) is 7.53. The van der Waals surface area contributed by atoms with Crippen molar-refractivity contribution in [3.8, 4) is 6.07 Å². The summed E-state index contributed by atoms with van der Waals surface area (Å²) >= 11 is 0. The van der Waals surface area contributed by atoms with Gasteiger partial charge in [0, 0.05) is 54.7 Å². The molecule has 1 aliphatic heterocycles. The first-order valence-electron chi connectivity index (χ1n) is 7.98. The van der Waals surface area contributed by atoms with E-state index in [-0.39, 0.29) is 0 Å². The molecule has 2 aromatic rings. The van der Waals surface area contributed by atoms with E-state index in [0.29, 0.717) is 12.1 Å². The Labute approximate surface area is 144 Å². The number of benzene rings is 1. The second-order valence-electron chi connectivity index (χ2n) is 5.84. The molecule has 5 nitrogen and oxygen atoms in total. The molecule has 2 heterocycles. The van der Waals surface area contributed by atoms with Crippen LogP contribution in [0.4, 0.5) is 5.82 Å². The molecule has 1 fully saturated rings. The van der Waals surface area contributed by atoms with E-state index in [1.807, 2.05) is 6.07 Å². The van der Waals surface area contributed by atoms with Crippen molar-refractivity contribution < 1.29 is 4.21 Å². The molecule has 1 aromatic heterocycles. The van der Waals surface area contributed by atoms with Crippen molar-refractivity contribution in [1.82, 2.24) is 9.88 Å². The Morgan fingerprint density at radius 2 is 1.83 bits per heavy atom. The molecule has 1 N–H and O–H groups in total. The summed E-state index contributed by atoms with van der Waals surface area (Å²) in [5.41, 5.74) is 3.03. The maximum absolute atomic E-state index is 11.4. The molecular formula is C18H20N4OS. The fraction of sp³-hybridized carbons (Fsp3) is 0.333. The zero-order chi connectivity index (χ0) is 16.8. The summed E-state index contributed by atoms with van der Waals surface area (Å²) in [5, 5.41) is 12.0. The van der Waals surface area contributed by atoms with Gasteiger partial charge in [-0.2, -0.15) is 5.26 Å². The van der Waals surface area contributed by atoms with Crippen molar-refractivity contribution in [3.05, 3.63) is 59.3 Å². The van der Waals surface area contributed by atoms with E-state index in [9.17, 15) is 4.21 Å². The molecule has 0 spiro atoms. The number of nitriles is 1. The molecule has 1 aromatic carbocycles. The Balaban J connectivity index is 1.50. The Kier molecular flexibility index (Phi) is 5.57. The Morgan fingerprint density at radius 1 is 1.12 bits per heavy atom. The average Bonchev–Trinajstić information content (AvgIpc) is 2.63. The number of nitrogens with one attached hydrogen (secondary N) is 1. The molecule has 0 atom stereocenters. The first-order valence-corrected chi connectivity index (χ1v) is 9.47. The van der Waals surface area contributed by atoms with Gasteiger partial charge in [-0.05, 0) is 23.3 Å². The van der Waals surface area contributed by atoms with Crippen molar-refractivity contribution in [3.63, 3.8) is 0 Å². The van der Waals surface area contributed by atoms with Gasteiger partial charge in [0.2, 0.25) is 0 Å². The highest BCUT2D eigenvalue weighted by atomic mass is 32.2. The van der Waals surface area contributed by atoms with Gasteiger partial charge in [0.1, 0.15) is 11.9 Å². The minimum atomic E-state index is -0.619. The number of anilines is 1. The maximum atomic E-state index is 11.4. The molecule has 0 amide bonds. The highest BCUT2D eigenvalue weighted by Crippen LogP contribution is 2.12. The van der Waals surface area contributed by atoms with Crippen LogP contribution in [0.2, 0.25) is 0 Å². The smallest absolute Gasteiger partial charge is 0.126 e. The Hall–Kier alpha value is -2.23. The first kappa shape index (κ1) is 16.6. The highest BCUT2D eigenvalue weighted by molar-refractivity contribution is 7.85. The van der Waals surface area contributed by atoms with Crippen LogP contribution < -0.4 is 5.32 Å². The molecule has 0 unspecified atom stereocenters. The summed E-state index contributed by atoms with van der Waals surface area (Å²) in [4.78, 5) is 6.56. The van der Waals surface area contributed by atoms with Crippen LogP contribution in [-0.4, -0.2) is 38.7 Å². The van der Waals surface area contributed by atoms with Crippen LogP contribution >= 0.6 is 0 Å². The Morgan fingerprint density at radius 3 is 2.46 bits per heavy atom. The van der Waals surface area contributed by atoms with E-state index in [4.69, 9.17) is 5.26 Å². The molecule has 24 heavy (non-hydrogen) atoms. The van der Waals surface area contributed by atoms with Crippen LogP contribution in [0.3, 0.4) is 0 Å². The molecule has 1 aliphatic rings. The summed E-state index contributed by atoms with van der Waals surface area (Å²) in [7, 11) is -0.619. The molecule has 3 rings (SSSR count). The van der Waals surface area contributed by atoms with Gasteiger partial charge in [-0.25, -0.2) is 4.98 Å². The van der Waals surface area contributed by atoms with Crippen molar-refractivity contribution in [1.29, 1.82) is 5.26 Å². The fourth-order valence-corrected chi connectivity index (χ4v) is 3.74. The van der Waals surface area contributed by atoms with E-state index >= 15 is 0 Å². The van der Waals surface area contributed by atoms with E-state index in [2.05, 4.69) is 45.5 Å². The molecule has 0 aliphatic carbocycles. The molecule has 0 radical (unpaired) electrons. The largest absolute Gasteiger partial charge is 0.366 e. The lowest BCUT2D eigenvalue weighted by Crippen LogP contribution is -2.37. The van der Waals surface area contributed by atoms with Crippen LogP contribution in [0.15, 0.2) is 42.6 Å². The monoisotopic (exact) mass is 340 g/mol. The van der Waals surface area contributed by atoms with Crippen LogP contribution in [0.1, 0.15) is 16.7 Å². The number of pyridine rings is 1. The zero-order valence-electron chi connectivity index (χ0n) is 13.4. The number of hydrogen-bond acceptors (Lipinski definition) is 5. The Bertz CT molecular complexity index is 727. The lowest BCUT2D eigenvalue weighted by molar-refractivity contribution is 0.291. The molecule has 6 heteroatoms. The summed E-state index contributed by atoms with van der Waals surface area (Å²) in [6, 6.07) is 14.2.